The summed E-state index contributed by atoms with van der Waals surface area (Å²) in [5, 5.41) is 8.33. The van der Waals surface area contributed by atoms with Gasteiger partial charge >= 0.3 is 15.5 Å². The molecular weight excluding hydrogens is 499 g/mol. The molecule has 4 rings (SSSR count). The first-order chi connectivity index (χ1) is 16.9. The van der Waals surface area contributed by atoms with Crippen LogP contribution in [0.3, 0.4) is 0 Å². The number of amidine groups is 1. The van der Waals surface area contributed by atoms with E-state index in [1.807, 2.05) is 13.8 Å². The van der Waals surface area contributed by atoms with E-state index in [4.69, 9.17) is 0 Å². The molecule has 0 atom stereocenters. The van der Waals surface area contributed by atoms with Gasteiger partial charge in [-0.3, -0.25) is 14.2 Å². The quantitative estimate of drug-likeness (QED) is 0.532. The van der Waals surface area contributed by atoms with Crippen LogP contribution in [0.5, 0.6) is 0 Å². The van der Waals surface area contributed by atoms with Crippen LogP contribution in [0.15, 0.2) is 41.8 Å². The van der Waals surface area contributed by atoms with Crippen molar-refractivity contribution in [2.45, 2.75) is 39.2 Å². The Balaban J connectivity index is 1.45. The molecule has 0 bridgehead atoms. The third-order valence-electron chi connectivity index (χ3n) is 5.64. The molecule has 1 aliphatic rings. The fourth-order valence-electron chi connectivity index (χ4n) is 3.84. The third kappa shape index (κ3) is 4.72. The van der Waals surface area contributed by atoms with Gasteiger partial charge < -0.3 is 5.32 Å². The number of rotatable bonds is 6. The summed E-state index contributed by atoms with van der Waals surface area (Å²) in [6, 6.07) is 6.90. The molecule has 10 nitrogen and oxygen atoms in total. The number of hydrazone groups is 1. The lowest BCUT2D eigenvalue weighted by atomic mass is 10.2. The molecule has 14 heteroatoms. The number of fused-ring (bicyclic) bond motifs is 1. The van der Waals surface area contributed by atoms with Crippen molar-refractivity contribution in [3.05, 3.63) is 59.2 Å². The van der Waals surface area contributed by atoms with Crippen molar-refractivity contribution < 1.29 is 26.4 Å². The van der Waals surface area contributed by atoms with Crippen LogP contribution in [-0.4, -0.2) is 57.4 Å². The van der Waals surface area contributed by atoms with E-state index in [1.54, 1.807) is 41.1 Å². The number of nitrogens with one attached hydrogen (secondary N) is 1. The number of benzene rings is 1. The first-order valence-electron chi connectivity index (χ1n) is 11.0. The summed E-state index contributed by atoms with van der Waals surface area (Å²) >= 11 is 0. The molecule has 0 saturated carbocycles. The number of hydrogen-bond donors (Lipinski definition) is 1. The number of carbonyl (C=O) groups excluding carboxylic acids is 1. The number of imidazole rings is 1. The maximum atomic E-state index is 13.0. The second kappa shape index (κ2) is 9.41. The van der Waals surface area contributed by atoms with Gasteiger partial charge in [0.1, 0.15) is 11.5 Å². The smallest absolute Gasteiger partial charge is 0.347 e. The summed E-state index contributed by atoms with van der Waals surface area (Å²) in [6.07, 6.45) is 4.06. The molecule has 0 spiro atoms. The summed E-state index contributed by atoms with van der Waals surface area (Å²) in [7, 11) is -5.49. The Morgan fingerprint density at radius 1 is 1.14 bits per heavy atom. The molecule has 3 aromatic rings. The van der Waals surface area contributed by atoms with Gasteiger partial charge in [-0.05, 0) is 43.5 Å². The highest BCUT2D eigenvalue weighted by atomic mass is 32.2. The molecule has 0 unspecified atom stereocenters. The van der Waals surface area contributed by atoms with Gasteiger partial charge in [0.25, 0.3) is 5.91 Å². The van der Waals surface area contributed by atoms with Gasteiger partial charge in [-0.1, -0.05) is 19.1 Å². The zero-order valence-electron chi connectivity index (χ0n) is 19.7. The average molecular weight is 524 g/mol. The first kappa shape index (κ1) is 25.4. The number of nitrogens with zero attached hydrogens (tertiary/aromatic N) is 6. The number of halogens is 3. The number of alkyl halides is 3. The van der Waals surface area contributed by atoms with E-state index < -0.39 is 15.5 Å². The van der Waals surface area contributed by atoms with Crippen LogP contribution in [0, 0.1) is 6.92 Å². The number of aryl methyl sites for hydroxylation is 2. The molecule has 0 fully saturated rings. The highest BCUT2D eigenvalue weighted by molar-refractivity contribution is 7.90. The monoisotopic (exact) mass is 523 g/mol. The van der Waals surface area contributed by atoms with E-state index in [2.05, 4.69) is 20.4 Å². The van der Waals surface area contributed by atoms with E-state index in [9.17, 15) is 26.4 Å². The molecule has 1 aliphatic heterocycles. The van der Waals surface area contributed by atoms with Crippen LogP contribution in [0.2, 0.25) is 0 Å². The van der Waals surface area contributed by atoms with Crippen LogP contribution in [-0.2, 0) is 23.0 Å². The lowest BCUT2D eigenvalue weighted by Crippen LogP contribution is -2.50. The van der Waals surface area contributed by atoms with E-state index in [0.717, 1.165) is 11.1 Å². The van der Waals surface area contributed by atoms with Crippen LogP contribution in [0.4, 0.5) is 18.9 Å². The highest BCUT2D eigenvalue weighted by Crippen LogP contribution is 2.29. The summed E-state index contributed by atoms with van der Waals surface area (Å²) in [5.41, 5.74) is -2.08. The minimum Gasteiger partial charge on any atom is -0.347 e. The average Bonchev–Trinajstić information content (AvgIpc) is 3.19. The van der Waals surface area contributed by atoms with E-state index in [1.165, 1.54) is 11.9 Å². The van der Waals surface area contributed by atoms with Crippen LogP contribution >= 0.6 is 0 Å². The van der Waals surface area contributed by atoms with Crippen molar-refractivity contribution in [3.63, 3.8) is 0 Å². The second-order valence-electron chi connectivity index (χ2n) is 8.20. The molecule has 36 heavy (non-hydrogen) atoms. The van der Waals surface area contributed by atoms with Crippen molar-refractivity contribution in [1.29, 1.82) is 0 Å². The minimum atomic E-state index is -5.49. The van der Waals surface area contributed by atoms with Crippen molar-refractivity contribution in [2.75, 3.05) is 18.1 Å². The number of anilines is 1. The SMILES string of the molecule is CCc1nc2ncc(C)cn2c1C(=O)NCc1ccc(N2CCN(S(=O)(=O)C(F)(F)F)C(C)=N2)cc1. The third-order valence-corrected chi connectivity index (χ3v) is 7.25. The maximum absolute atomic E-state index is 13.0. The van der Waals surface area contributed by atoms with Crippen LogP contribution in [0.1, 0.15) is 41.2 Å². The number of hydrogen-bond acceptors (Lipinski definition) is 7. The Bertz CT molecular complexity index is 1430. The molecule has 1 amide bonds. The maximum Gasteiger partial charge on any atom is 0.516 e. The standard InChI is InChI=1S/C22H24F3N7O3S/c1-4-18-19(30-13-14(2)11-27-21(30)28-18)20(33)26-12-16-5-7-17(8-6-16)31-9-10-32(15(3)29-31)36(34,35)22(23,24)25/h5-8,11,13H,4,9-10,12H2,1-3H3,(H,26,33). The summed E-state index contributed by atoms with van der Waals surface area (Å²) < 4.78 is 64.0. The molecule has 1 aromatic carbocycles. The van der Waals surface area contributed by atoms with Crippen LogP contribution < -0.4 is 10.3 Å². The van der Waals surface area contributed by atoms with Gasteiger partial charge in [-0.2, -0.15) is 26.7 Å². The van der Waals surface area contributed by atoms with Gasteiger partial charge in [-0.25, -0.2) is 14.3 Å². The fraction of sp³-hybridized carbons (Fsp3) is 0.364. The molecule has 0 aliphatic carbocycles. The number of amides is 1. The largest absolute Gasteiger partial charge is 0.516 e. The van der Waals surface area contributed by atoms with Crippen LogP contribution in [0.25, 0.3) is 5.78 Å². The zero-order chi connectivity index (χ0) is 26.3. The first-order valence-corrected chi connectivity index (χ1v) is 12.5. The molecule has 1 N–H and O–H groups in total. The van der Waals surface area contributed by atoms with Gasteiger partial charge in [0.2, 0.25) is 5.78 Å². The lowest BCUT2D eigenvalue weighted by Gasteiger charge is -2.33. The molecule has 0 saturated heterocycles. The van der Waals surface area contributed by atoms with Crippen molar-refractivity contribution >= 4 is 33.2 Å². The number of aromatic nitrogens is 3. The summed E-state index contributed by atoms with van der Waals surface area (Å²) in [4.78, 5) is 21.6. The molecule has 192 valence electrons. The Morgan fingerprint density at radius 3 is 2.44 bits per heavy atom. The van der Waals surface area contributed by atoms with Gasteiger partial charge in [0, 0.05) is 18.9 Å². The van der Waals surface area contributed by atoms with E-state index in [0.29, 0.717) is 29.3 Å². The number of sulfonamides is 1. The highest BCUT2D eigenvalue weighted by Gasteiger charge is 2.51. The predicted molar refractivity (Wildman–Crippen MR) is 127 cm³/mol. The molecular formula is C22H24F3N7O3S. The zero-order valence-corrected chi connectivity index (χ0v) is 20.6. The van der Waals surface area contributed by atoms with Gasteiger partial charge in [0.05, 0.1) is 24.5 Å². The predicted octanol–water partition coefficient (Wildman–Crippen LogP) is 2.84. The second-order valence-corrected chi connectivity index (χ2v) is 10.1. The number of carbonyl (C=O) groups is 1. The van der Waals surface area contributed by atoms with E-state index in [-0.39, 0.29) is 35.7 Å². The van der Waals surface area contributed by atoms with Gasteiger partial charge in [0.15, 0.2) is 0 Å². The van der Waals surface area contributed by atoms with Crippen molar-refractivity contribution in [2.24, 2.45) is 5.10 Å². The Hall–Kier alpha value is -3.68. The molecule has 3 heterocycles. The Morgan fingerprint density at radius 2 is 1.83 bits per heavy atom. The fourth-order valence-corrected chi connectivity index (χ4v) is 4.80. The topological polar surface area (TPSA) is 112 Å². The normalized spacial score (nSPS) is 14.8. The summed E-state index contributed by atoms with van der Waals surface area (Å²) in [5.74, 6) is -0.122. The lowest BCUT2D eigenvalue weighted by molar-refractivity contribution is -0.0473. The molecule has 2 aromatic heterocycles. The summed E-state index contributed by atoms with van der Waals surface area (Å²) in [6.45, 7) is 4.79. The van der Waals surface area contributed by atoms with Crippen molar-refractivity contribution in [3.8, 4) is 0 Å². The Kier molecular flexibility index (Phi) is 6.64. The minimum absolute atomic E-state index is 0.0513. The van der Waals surface area contributed by atoms with Gasteiger partial charge in [-0.15, -0.1) is 0 Å². The van der Waals surface area contributed by atoms with E-state index >= 15 is 0 Å². The Labute approximate surface area is 205 Å². The van der Waals surface area contributed by atoms with Crippen molar-refractivity contribution in [1.82, 2.24) is 24.0 Å². The molecule has 0 radical (unpaired) electrons.